The van der Waals surface area contributed by atoms with Crippen LogP contribution in [-0.2, 0) is 4.79 Å². The molecule has 0 aliphatic heterocycles. The topological polar surface area (TPSA) is 77.2 Å². The van der Waals surface area contributed by atoms with Gasteiger partial charge in [-0.05, 0) is 31.5 Å². The van der Waals surface area contributed by atoms with Gasteiger partial charge in [0.1, 0.15) is 11.7 Å². The summed E-state index contributed by atoms with van der Waals surface area (Å²) in [7, 11) is 0. The normalized spacial score (nSPS) is 12.0. The van der Waals surface area contributed by atoms with Gasteiger partial charge in [0.05, 0.1) is 6.10 Å². The van der Waals surface area contributed by atoms with Crippen molar-refractivity contribution >= 4 is 11.6 Å². The number of ether oxygens (including phenoxy) is 1. The van der Waals surface area contributed by atoms with Crippen molar-refractivity contribution in [3.8, 4) is 5.88 Å². The molecule has 0 spiro atoms. The summed E-state index contributed by atoms with van der Waals surface area (Å²) in [6, 6.07) is 11.9. The second-order valence-corrected chi connectivity index (χ2v) is 4.90. The van der Waals surface area contributed by atoms with Crippen molar-refractivity contribution in [2.24, 2.45) is 5.73 Å². The summed E-state index contributed by atoms with van der Waals surface area (Å²) in [5.74, 6) is 0.0870. The molecule has 21 heavy (non-hydrogen) atoms. The van der Waals surface area contributed by atoms with Crippen LogP contribution in [0.5, 0.6) is 5.88 Å². The van der Waals surface area contributed by atoms with Gasteiger partial charge in [-0.2, -0.15) is 0 Å². The Morgan fingerprint density at radius 3 is 2.57 bits per heavy atom. The SMILES string of the molecule is CC(C)Oc1ncccc1NC(=O)C(N)c1ccccc1. The summed E-state index contributed by atoms with van der Waals surface area (Å²) in [4.78, 5) is 16.4. The number of rotatable bonds is 5. The van der Waals surface area contributed by atoms with Crippen LogP contribution < -0.4 is 15.8 Å². The van der Waals surface area contributed by atoms with E-state index in [1.54, 1.807) is 18.3 Å². The van der Waals surface area contributed by atoms with Gasteiger partial charge in [-0.15, -0.1) is 0 Å². The largest absolute Gasteiger partial charge is 0.473 e. The van der Waals surface area contributed by atoms with Crippen LogP contribution >= 0.6 is 0 Å². The third kappa shape index (κ3) is 4.03. The molecule has 1 aromatic carbocycles. The summed E-state index contributed by atoms with van der Waals surface area (Å²) < 4.78 is 5.57. The van der Waals surface area contributed by atoms with E-state index in [1.165, 1.54) is 0 Å². The third-order valence-corrected chi connectivity index (χ3v) is 2.82. The lowest BCUT2D eigenvalue weighted by atomic mass is 10.1. The molecule has 0 fully saturated rings. The lowest BCUT2D eigenvalue weighted by molar-refractivity contribution is -0.117. The maximum atomic E-state index is 12.2. The summed E-state index contributed by atoms with van der Waals surface area (Å²) in [5.41, 5.74) is 7.24. The monoisotopic (exact) mass is 285 g/mol. The van der Waals surface area contributed by atoms with E-state index in [-0.39, 0.29) is 12.0 Å². The van der Waals surface area contributed by atoms with E-state index >= 15 is 0 Å². The van der Waals surface area contributed by atoms with Gasteiger partial charge in [-0.3, -0.25) is 4.79 Å². The fourth-order valence-electron chi connectivity index (χ4n) is 1.83. The summed E-state index contributed by atoms with van der Waals surface area (Å²) in [6.45, 7) is 3.80. The van der Waals surface area contributed by atoms with E-state index < -0.39 is 6.04 Å². The summed E-state index contributed by atoms with van der Waals surface area (Å²) >= 11 is 0. The fraction of sp³-hybridized carbons (Fsp3) is 0.250. The predicted molar refractivity (Wildman–Crippen MR) is 82.0 cm³/mol. The van der Waals surface area contributed by atoms with Crippen molar-refractivity contribution in [3.05, 3.63) is 54.2 Å². The van der Waals surface area contributed by atoms with Gasteiger partial charge in [0.2, 0.25) is 11.8 Å². The number of carbonyl (C=O) groups is 1. The summed E-state index contributed by atoms with van der Waals surface area (Å²) in [6.07, 6.45) is 1.59. The van der Waals surface area contributed by atoms with Gasteiger partial charge in [-0.1, -0.05) is 30.3 Å². The second kappa shape index (κ2) is 6.85. The zero-order valence-electron chi connectivity index (χ0n) is 12.1. The van der Waals surface area contributed by atoms with Crippen LogP contribution in [0.15, 0.2) is 48.7 Å². The first-order valence-electron chi connectivity index (χ1n) is 6.81. The van der Waals surface area contributed by atoms with Crippen molar-refractivity contribution in [2.45, 2.75) is 26.0 Å². The lowest BCUT2D eigenvalue weighted by Crippen LogP contribution is -2.28. The van der Waals surface area contributed by atoms with E-state index in [4.69, 9.17) is 10.5 Å². The summed E-state index contributed by atoms with van der Waals surface area (Å²) in [5, 5.41) is 2.76. The number of hydrogen-bond acceptors (Lipinski definition) is 4. The highest BCUT2D eigenvalue weighted by molar-refractivity contribution is 5.96. The van der Waals surface area contributed by atoms with E-state index in [9.17, 15) is 4.79 Å². The molecule has 110 valence electrons. The molecule has 0 saturated carbocycles. The van der Waals surface area contributed by atoms with Gasteiger partial charge >= 0.3 is 0 Å². The molecule has 1 aromatic heterocycles. The highest BCUT2D eigenvalue weighted by Gasteiger charge is 2.17. The fourth-order valence-corrected chi connectivity index (χ4v) is 1.83. The number of aromatic nitrogens is 1. The highest BCUT2D eigenvalue weighted by Crippen LogP contribution is 2.23. The van der Waals surface area contributed by atoms with Gasteiger partial charge in [-0.25, -0.2) is 4.98 Å². The molecule has 2 rings (SSSR count). The minimum atomic E-state index is -0.738. The molecule has 3 N–H and O–H groups in total. The molecule has 1 amide bonds. The molecule has 0 aliphatic rings. The number of nitrogens with zero attached hydrogens (tertiary/aromatic N) is 1. The van der Waals surface area contributed by atoms with Crippen molar-refractivity contribution in [1.82, 2.24) is 4.98 Å². The van der Waals surface area contributed by atoms with E-state index in [1.807, 2.05) is 44.2 Å². The Kier molecular flexibility index (Phi) is 4.90. The van der Waals surface area contributed by atoms with Crippen LogP contribution in [0.25, 0.3) is 0 Å². The van der Waals surface area contributed by atoms with Gasteiger partial charge in [0.15, 0.2) is 0 Å². The van der Waals surface area contributed by atoms with Crippen LogP contribution in [0.1, 0.15) is 25.5 Å². The molecule has 0 radical (unpaired) electrons. The van der Waals surface area contributed by atoms with Crippen molar-refractivity contribution in [3.63, 3.8) is 0 Å². The molecule has 1 unspecified atom stereocenters. The Morgan fingerprint density at radius 1 is 1.19 bits per heavy atom. The molecule has 0 bridgehead atoms. The van der Waals surface area contributed by atoms with Crippen molar-refractivity contribution in [1.29, 1.82) is 0 Å². The average Bonchev–Trinajstić information content (AvgIpc) is 2.49. The third-order valence-electron chi connectivity index (χ3n) is 2.82. The zero-order chi connectivity index (χ0) is 15.2. The standard InChI is InChI=1S/C16H19N3O2/c1-11(2)21-16-13(9-6-10-18-16)19-15(20)14(17)12-7-4-3-5-8-12/h3-11,14H,17H2,1-2H3,(H,19,20). The number of benzene rings is 1. The van der Waals surface area contributed by atoms with Gasteiger partial charge in [0, 0.05) is 6.20 Å². The first kappa shape index (κ1) is 15.0. The van der Waals surface area contributed by atoms with Crippen molar-refractivity contribution < 1.29 is 9.53 Å². The predicted octanol–water partition coefficient (Wildman–Crippen LogP) is 2.51. The minimum Gasteiger partial charge on any atom is -0.473 e. The molecular formula is C16H19N3O2. The molecule has 1 atom stereocenters. The molecule has 2 aromatic rings. The number of hydrogen-bond donors (Lipinski definition) is 2. The zero-order valence-corrected chi connectivity index (χ0v) is 12.1. The van der Waals surface area contributed by atoms with Crippen molar-refractivity contribution in [2.75, 3.05) is 5.32 Å². The molecule has 5 nitrogen and oxygen atoms in total. The number of anilines is 1. The Morgan fingerprint density at radius 2 is 1.90 bits per heavy atom. The minimum absolute atomic E-state index is 0.0293. The van der Waals surface area contributed by atoms with Gasteiger partial charge in [0.25, 0.3) is 0 Å². The van der Waals surface area contributed by atoms with Crippen LogP contribution in [0, 0.1) is 0 Å². The number of nitrogens with two attached hydrogens (primary N) is 1. The quantitative estimate of drug-likeness (QED) is 0.885. The van der Waals surface area contributed by atoms with E-state index in [0.29, 0.717) is 11.6 Å². The number of nitrogens with one attached hydrogen (secondary N) is 1. The second-order valence-electron chi connectivity index (χ2n) is 4.90. The Labute approximate surface area is 124 Å². The molecule has 5 heteroatoms. The van der Waals surface area contributed by atoms with Gasteiger partial charge < -0.3 is 15.8 Å². The maximum absolute atomic E-state index is 12.2. The lowest BCUT2D eigenvalue weighted by Gasteiger charge is -2.16. The average molecular weight is 285 g/mol. The van der Waals surface area contributed by atoms with E-state index in [2.05, 4.69) is 10.3 Å². The molecular weight excluding hydrogens is 266 g/mol. The molecule has 0 saturated heterocycles. The molecule has 0 aliphatic carbocycles. The number of amides is 1. The van der Waals surface area contributed by atoms with Crippen LogP contribution in [0.3, 0.4) is 0 Å². The molecule has 1 heterocycles. The number of carbonyl (C=O) groups excluding carboxylic acids is 1. The first-order valence-corrected chi connectivity index (χ1v) is 6.81. The highest BCUT2D eigenvalue weighted by atomic mass is 16.5. The number of pyridine rings is 1. The van der Waals surface area contributed by atoms with Crippen LogP contribution in [0.2, 0.25) is 0 Å². The Hall–Kier alpha value is -2.40. The van der Waals surface area contributed by atoms with Crippen LogP contribution in [-0.4, -0.2) is 17.0 Å². The maximum Gasteiger partial charge on any atom is 0.246 e. The Bertz CT molecular complexity index is 599. The first-order chi connectivity index (χ1) is 10.1. The smallest absolute Gasteiger partial charge is 0.246 e. The van der Waals surface area contributed by atoms with Crippen LogP contribution in [0.4, 0.5) is 5.69 Å². The Balaban J connectivity index is 2.13. The van der Waals surface area contributed by atoms with E-state index in [0.717, 1.165) is 5.56 Å².